The molecular formula is C12H19N3O5S. The van der Waals surface area contributed by atoms with Crippen LogP contribution in [0.2, 0.25) is 0 Å². The van der Waals surface area contributed by atoms with Crippen LogP contribution in [0.15, 0.2) is 17.0 Å². The van der Waals surface area contributed by atoms with Gasteiger partial charge >= 0.3 is 0 Å². The lowest BCUT2D eigenvalue weighted by Crippen LogP contribution is -2.43. The highest BCUT2D eigenvalue weighted by atomic mass is 32.2. The van der Waals surface area contributed by atoms with Crippen LogP contribution in [0.5, 0.6) is 0 Å². The van der Waals surface area contributed by atoms with E-state index in [1.165, 1.54) is 13.0 Å². The maximum Gasteiger partial charge on any atom is 0.273 e. The van der Waals surface area contributed by atoms with Gasteiger partial charge in [-0.15, -0.1) is 0 Å². The van der Waals surface area contributed by atoms with Crippen LogP contribution in [0.4, 0.5) is 5.69 Å². The van der Waals surface area contributed by atoms with E-state index in [0.29, 0.717) is 11.1 Å². The number of aryl methyl sites for hydroxylation is 1. The lowest BCUT2D eigenvalue weighted by molar-refractivity contribution is -0.385. The number of sulfonamides is 1. The Labute approximate surface area is 123 Å². The van der Waals surface area contributed by atoms with E-state index in [1.807, 2.05) is 0 Å². The molecule has 0 amide bonds. The second-order valence-corrected chi connectivity index (χ2v) is 6.66. The van der Waals surface area contributed by atoms with Gasteiger partial charge in [-0.3, -0.25) is 10.1 Å². The first-order valence-electron chi connectivity index (χ1n) is 6.25. The standard InChI is InChI=1S/C12H19N3O5S/c1-7-4-10(5-12(8(7)2)15(17)18)21(19,20)14-6-11(13)9(3)16/h4-5,9,11,14,16H,6,13H2,1-3H3. The van der Waals surface area contributed by atoms with Gasteiger partial charge in [-0.25, -0.2) is 13.1 Å². The third kappa shape index (κ3) is 4.21. The molecular weight excluding hydrogens is 298 g/mol. The highest BCUT2D eigenvalue weighted by Crippen LogP contribution is 2.25. The molecule has 8 nitrogen and oxygen atoms in total. The van der Waals surface area contributed by atoms with Crippen molar-refractivity contribution < 1.29 is 18.4 Å². The summed E-state index contributed by atoms with van der Waals surface area (Å²) in [4.78, 5) is 10.1. The number of hydrogen-bond donors (Lipinski definition) is 3. The Bertz CT molecular complexity index is 643. The average molecular weight is 317 g/mol. The molecule has 0 aliphatic carbocycles. The quantitative estimate of drug-likeness (QED) is 0.506. The first kappa shape index (κ1) is 17.5. The van der Waals surface area contributed by atoms with Gasteiger partial charge in [0, 0.05) is 24.2 Å². The Hall–Kier alpha value is -1.55. The third-order valence-corrected chi connectivity index (χ3v) is 4.65. The van der Waals surface area contributed by atoms with Crippen molar-refractivity contribution in [3.63, 3.8) is 0 Å². The lowest BCUT2D eigenvalue weighted by atomic mass is 10.1. The lowest BCUT2D eigenvalue weighted by Gasteiger charge is -2.15. The Balaban J connectivity index is 3.12. The van der Waals surface area contributed by atoms with Gasteiger partial charge in [0.1, 0.15) is 0 Å². The summed E-state index contributed by atoms with van der Waals surface area (Å²) in [7, 11) is -3.93. The molecule has 1 rings (SSSR count). The maximum absolute atomic E-state index is 12.1. The van der Waals surface area contributed by atoms with Crippen molar-refractivity contribution in [2.45, 2.75) is 37.8 Å². The molecule has 2 atom stereocenters. The number of aliphatic hydroxyl groups excluding tert-OH is 1. The van der Waals surface area contributed by atoms with Gasteiger partial charge in [-0.1, -0.05) is 0 Å². The number of rotatable bonds is 6. The number of benzene rings is 1. The molecule has 0 radical (unpaired) electrons. The number of nitrogens with two attached hydrogens (primary N) is 1. The van der Waals surface area contributed by atoms with Gasteiger partial charge < -0.3 is 10.8 Å². The monoisotopic (exact) mass is 317 g/mol. The van der Waals surface area contributed by atoms with E-state index in [4.69, 9.17) is 5.73 Å². The summed E-state index contributed by atoms with van der Waals surface area (Å²) in [6.07, 6.45) is -0.873. The number of nitro groups is 1. The van der Waals surface area contributed by atoms with Crippen LogP contribution in [0.1, 0.15) is 18.1 Å². The summed E-state index contributed by atoms with van der Waals surface area (Å²) in [5.74, 6) is 0. The van der Waals surface area contributed by atoms with Gasteiger partial charge in [0.05, 0.1) is 15.9 Å². The average Bonchev–Trinajstić information content (AvgIpc) is 2.38. The van der Waals surface area contributed by atoms with Gasteiger partial charge in [0.2, 0.25) is 10.0 Å². The molecule has 0 spiro atoms. The number of hydrogen-bond acceptors (Lipinski definition) is 6. The van der Waals surface area contributed by atoms with Gasteiger partial charge in [-0.2, -0.15) is 0 Å². The van der Waals surface area contributed by atoms with Crippen LogP contribution in [-0.2, 0) is 10.0 Å². The SMILES string of the molecule is Cc1cc(S(=O)(=O)NCC(N)C(C)O)cc([N+](=O)[O-])c1C. The van der Waals surface area contributed by atoms with Crippen molar-refractivity contribution in [2.75, 3.05) is 6.54 Å². The molecule has 1 aromatic rings. The fourth-order valence-corrected chi connectivity index (χ4v) is 2.79. The second-order valence-electron chi connectivity index (χ2n) is 4.90. The summed E-state index contributed by atoms with van der Waals surface area (Å²) >= 11 is 0. The van der Waals surface area contributed by atoms with Crippen molar-refractivity contribution in [1.82, 2.24) is 4.72 Å². The zero-order valence-corrected chi connectivity index (χ0v) is 12.8. The van der Waals surface area contributed by atoms with Crippen molar-refractivity contribution in [2.24, 2.45) is 5.73 Å². The molecule has 4 N–H and O–H groups in total. The fraction of sp³-hybridized carbons (Fsp3) is 0.500. The molecule has 9 heteroatoms. The number of nitrogens with zero attached hydrogens (tertiary/aromatic N) is 1. The van der Waals surface area contributed by atoms with Crippen molar-refractivity contribution in [3.05, 3.63) is 33.4 Å². The minimum Gasteiger partial charge on any atom is -0.392 e. The normalized spacial score (nSPS) is 14.7. The Morgan fingerprint density at radius 3 is 2.48 bits per heavy atom. The van der Waals surface area contributed by atoms with E-state index in [1.54, 1.807) is 13.8 Å². The van der Waals surface area contributed by atoms with Crippen LogP contribution in [0, 0.1) is 24.0 Å². The number of nitro benzene ring substituents is 1. The van der Waals surface area contributed by atoms with Crippen molar-refractivity contribution in [1.29, 1.82) is 0 Å². The predicted octanol–water partition coefficient (Wildman–Crippen LogP) is 0.198. The zero-order valence-electron chi connectivity index (χ0n) is 12.0. The fourth-order valence-electron chi connectivity index (χ4n) is 1.61. The van der Waals surface area contributed by atoms with E-state index in [0.717, 1.165) is 6.07 Å². The first-order chi connectivity index (χ1) is 9.56. The summed E-state index contributed by atoms with van der Waals surface area (Å²) in [6, 6.07) is 1.61. The predicted molar refractivity (Wildman–Crippen MR) is 77.4 cm³/mol. The number of aliphatic hydroxyl groups is 1. The maximum atomic E-state index is 12.1. The number of nitrogens with one attached hydrogen (secondary N) is 1. The van der Waals surface area contributed by atoms with Crippen LogP contribution in [-0.4, -0.2) is 37.1 Å². The van der Waals surface area contributed by atoms with Gasteiger partial charge in [-0.05, 0) is 32.4 Å². The van der Waals surface area contributed by atoms with E-state index in [9.17, 15) is 23.6 Å². The highest BCUT2D eigenvalue weighted by molar-refractivity contribution is 7.89. The topological polar surface area (TPSA) is 136 Å². The zero-order chi connectivity index (χ0) is 16.4. The van der Waals surface area contributed by atoms with Crippen molar-refractivity contribution >= 4 is 15.7 Å². The van der Waals surface area contributed by atoms with Crippen LogP contribution >= 0.6 is 0 Å². The van der Waals surface area contributed by atoms with Gasteiger partial charge in [0.25, 0.3) is 5.69 Å². The van der Waals surface area contributed by atoms with E-state index in [-0.39, 0.29) is 17.1 Å². The van der Waals surface area contributed by atoms with E-state index >= 15 is 0 Å². The van der Waals surface area contributed by atoms with Crippen LogP contribution < -0.4 is 10.5 Å². The van der Waals surface area contributed by atoms with Gasteiger partial charge in [0.15, 0.2) is 0 Å². The van der Waals surface area contributed by atoms with E-state index in [2.05, 4.69) is 4.72 Å². The third-order valence-electron chi connectivity index (χ3n) is 3.25. The van der Waals surface area contributed by atoms with E-state index < -0.39 is 27.1 Å². The molecule has 0 bridgehead atoms. The molecule has 0 aliphatic heterocycles. The molecule has 1 aromatic carbocycles. The molecule has 0 aromatic heterocycles. The molecule has 0 fully saturated rings. The summed E-state index contributed by atoms with van der Waals surface area (Å²) < 4.78 is 26.5. The molecule has 0 heterocycles. The largest absolute Gasteiger partial charge is 0.392 e. The first-order valence-corrected chi connectivity index (χ1v) is 7.73. The second kappa shape index (κ2) is 6.48. The summed E-state index contributed by atoms with van der Waals surface area (Å²) in [6.45, 7) is 4.43. The van der Waals surface area contributed by atoms with Crippen molar-refractivity contribution in [3.8, 4) is 0 Å². The molecule has 21 heavy (non-hydrogen) atoms. The van der Waals surface area contributed by atoms with Crippen LogP contribution in [0.25, 0.3) is 0 Å². The minimum absolute atomic E-state index is 0.166. The molecule has 2 unspecified atom stereocenters. The molecule has 0 saturated heterocycles. The minimum atomic E-state index is -3.93. The summed E-state index contributed by atoms with van der Waals surface area (Å²) in [5.41, 5.74) is 6.21. The Morgan fingerprint density at radius 1 is 1.43 bits per heavy atom. The highest BCUT2D eigenvalue weighted by Gasteiger charge is 2.22. The Morgan fingerprint density at radius 2 is 2.00 bits per heavy atom. The molecule has 0 aliphatic rings. The summed E-state index contributed by atoms with van der Waals surface area (Å²) in [5, 5.41) is 20.2. The smallest absolute Gasteiger partial charge is 0.273 e. The molecule has 118 valence electrons. The Kier molecular flexibility index (Phi) is 5.40. The molecule has 0 saturated carbocycles. The van der Waals surface area contributed by atoms with Crippen LogP contribution in [0.3, 0.4) is 0 Å².